The lowest BCUT2D eigenvalue weighted by molar-refractivity contribution is -0.158. The van der Waals surface area contributed by atoms with Crippen molar-refractivity contribution in [2.45, 2.75) is 57.4 Å². The van der Waals surface area contributed by atoms with E-state index in [1.54, 1.807) is 0 Å². The zero-order valence-corrected chi connectivity index (χ0v) is 13.1. The minimum absolute atomic E-state index is 0.00108. The van der Waals surface area contributed by atoms with Gasteiger partial charge in [-0.1, -0.05) is 0 Å². The molecule has 0 aromatic carbocycles. The lowest BCUT2D eigenvalue weighted by atomic mass is 9.92. The fourth-order valence-electron chi connectivity index (χ4n) is 3.57. The van der Waals surface area contributed by atoms with Crippen molar-refractivity contribution in [1.82, 2.24) is 20.0 Å². The fraction of sp³-hybridized carbons (Fsp3) is 0.733. The number of nitrogens with zero attached hydrogens (tertiary/aromatic N) is 3. The molecular weight excluding hydrogens is 309 g/mol. The van der Waals surface area contributed by atoms with Crippen LogP contribution in [0.25, 0.3) is 0 Å². The average Bonchev–Trinajstić information content (AvgIpc) is 3.04. The summed E-state index contributed by atoms with van der Waals surface area (Å²) in [6.45, 7) is 1.82. The van der Waals surface area contributed by atoms with Gasteiger partial charge < -0.3 is 4.90 Å². The highest BCUT2D eigenvalue weighted by atomic mass is 19.4. The molecule has 0 unspecified atom stereocenters. The maximum absolute atomic E-state index is 12.5. The number of aromatic nitrogens is 2. The monoisotopic (exact) mass is 330 g/mol. The van der Waals surface area contributed by atoms with E-state index in [1.807, 2.05) is 17.8 Å². The summed E-state index contributed by atoms with van der Waals surface area (Å²) < 4.78 is 39.4. The summed E-state index contributed by atoms with van der Waals surface area (Å²) in [6, 6.07) is -0.530. The number of likely N-dealkylation sites (tertiary alicyclic amines) is 1. The maximum Gasteiger partial charge on any atom is 0.406 e. The van der Waals surface area contributed by atoms with Crippen molar-refractivity contribution < 1.29 is 18.0 Å². The lowest BCUT2D eigenvalue weighted by Crippen LogP contribution is -2.43. The molecule has 1 aliphatic carbocycles. The van der Waals surface area contributed by atoms with E-state index in [-0.39, 0.29) is 12.6 Å². The highest BCUT2D eigenvalue weighted by molar-refractivity contribution is 5.84. The molecule has 0 bridgehead atoms. The number of aryl methyl sites for hydroxylation is 1. The SMILES string of the molecule is CCn1ncc2c1CCC[C@H]2N[C@@H]1CCN(CC(F)(F)F)C1=O. The van der Waals surface area contributed by atoms with E-state index in [2.05, 4.69) is 10.4 Å². The first kappa shape index (κ1) is 16.3. The molecule has 0 saturated carbocycles. The molecule has 8 heteroatoms. The second-order valence-corrected chi connectivity index (χ2v) is 6.19. The maximum atomic E-state index is 12.5. The zero-order valence-electron chi connectivity index (χ0n) is 13.1. The fourth-order valence-corrected chi connectivity index (χ4v) is 3.57. The first-order chi connectivity index (χ1) is 10.9. The Morgan fingerprint density at radius 3 is 2.83 bits per heavy atom. The van der Waals surface area contributed by atoms with E-state index in [1.165, 1.54) is 5.69 Å². The van der Waals surface area contributed by atoms with Gasteiger partial charge in [0.1, 0.15) is 6.54 Å². The van der Waals surface area contributed by atoms with Crippen molar-refractivity contribution in [1.29, 1.82) is 0 Å². The van der Waals surface area contributed by atoms with Gasteiger partial charge in [-0.2, -0.15) is 18.3 Å². The lowest BCUT2D eigenvalue weighted by Gasteiger charge is -2.27. The number of carbonyl (C=O) groups excluding carboxylic acids is 1. The quantitative estimate of drug-likeness (QED) is 0.919. The van der Waals surface area contributed by atoms with E-state index in [0.29, 0.717) is 6.42 Å². The molecule has 1 aromatic rings. The van der Waals surface area contributed by atoms with Gasteiger partial charge >= 0.3 is 6.18 Å². The molecular formula is C15H21F3N4O. The summed E-state index contributed by atoms with van der Waals surface area (Å²) in [7, 11) is 0. The molecule has 1 fully saturated rings. The predicted octanol–water partition coefficient (Wildman–Crippen LogP) is 2.03. The van der Waals surface area contributed by atoms with E-state index in [9.17, 15) is 18.0 Å². The zero-order chi connectivity index (χ0) is 16.6. The van der Waals surface area contributed by atoms with Crippen LogP contribution in [-0.4, -0.2) is 45.9 Å². The second-order valence-electron chi connectivity index (χ2n) is 6.19. The molecule has 0 spiro atoms. The molecule has 1 aromatic heterocycles. The summed E-state index contributed by atoms with van der Waals surface area (Å²) in [5.74, 6) is -0.447. The Balaban J connectivity index is 1.67. The Labute approximate surface area is 132 Å². The van der Waals surface area contributed by atoms with E-state index >= 15 is 0 Å². The Morgan fingerprint density at radius 1 is 1.35 bits per heavy atom. The number of fused-ring (bicyclic) bond motifs is 1. The third-order valence-corrected chi connectivity index (χ3v) is 4.63. The topological polar surface area (TPSA) is 50.2 Å². The minimum atomic E-state index is -4.34. The van der Waals surface area contributed by atoms with Gasteiger partial charge in [-0.3, -0.25) is 14.8 Å². The largest absolute Gasteiger partial charge is 0.406 e. The summed E-state index contributed by atoms with van der Waals surface area (Å²) in [4.78, 5) is 13.1. The molecule has 2 aliphatic rings. The number of amides is 1. The Morgan fingerprint density at radius 2 is 2.13 bits per heavy atom. The minimum Gasteiger partial charge on any atom is -0.332 e. The molecule has 1 aliphatic heterocycles. The Bertz CT molecular complexity index is 584. The summed E-state index contributed by atoms with van der Waals surface area (Å²) in [5, 5.41) is 7.62. The summed E-state index contributed by atoms with van der Waals surface area (Å²) in [5.41, 5.74) is 2.26. The van der Waals surface area contributed by atoms with Gasteiger partial charge in [0.15, 0.2) is 0 Å². The van der Waals surface area contributed by atoms with Crippen molar-refractivity contribution >= 4 is 5.91 Å². The van der Waals surface area contributed by atoms with Crippen LogP contribution < -0.4 is 5.32 Å². The van der Waals surface area contributed by atoms with Crippen LogP contribution in [-0.2, 0) is 17.8 Å². The molecule has 2 atom stereocenters. The van der Waals surface area contributed by atoms with Crippen LogP contribution >= 0.6 is 0 Å². The van der Waals surface area contributed by atoms with Gasteiger partial charge in [-0.25, -0.2) is 0 Å². The third-order valence-electron chi connectivity index (χ3n) is 4.63. The van der Waals surface area contributed by atoms with Crippen LogP contribution in [0.3, 0.4) is 0 Å². The highest BCUT2D eigenvalue weighted by Crippen LogP contribution is 2.31. The molecule has 1 saturated heterocycles. The number of halogens is 3. The van der Waals surface area contributed by atoms with E-state index in [4.69, 9.17) is 0 Å². The Kier molecular flexibility index (Phi) is 4.35. The first-order valence-electron chi connectivity index (χ1n) is 8.05. The molecule has 3 rings (SSSR count). The van der Waals surface area contributed by atoms with Crippen molar-refractivity contribution in [2.75, 3.05) is 13.1 Å². The number of carbonyl (C=O) groups is 1. The molecule has 23 heavy (non-hydrogen) atoms. The van der Waals surface area contributed by atoms with Gasteiger partial charge in [0, 0.05) is 30.4 Å². The van der Waals surface area contributed by atoms with E-state index in [0.717, 1.165) is 36.3 Å². The molecule has 5 nitrogen and oxygen atoms in total. The molecule has 2 heterocycles. The number of nitrogens with one attached hydrogen (secondary N) is 1. The number of hydrogen-bond acceptors (Lipinski definition) is 3. The highest BCUT2D eigenvalue weighted by Gasteiger charge is 2.40. The van der Waals surface area contributed by atoms with Crippen LogP contribution in [0.2, 0.25) is 0 Å². The average molecular weight is 330 g/mol. The number of rotatable bonds is 4. The summed E-state index contributed by atoms with van der Waals surface area (Å²) in [6.07, 6.45) is 0.727. The van der Waals surface area contributed by atoms with Gasteiger partial charge in [-0.05, 0) is 32.6 Å². The standard InChI is InChI=1S/C15H21F3N4O/c1-2-22-13-5-3-4-11(10(13)8-19-22)20-12-6-7-21(14(12)23)9-15(16,17)18/h8,11-12,20H,2-7,9H2,1H3/t11-,12-/m1/s1. The van der Waals surface area contributed by atoms with Gasteiger partial charge in [-0.15, -0.1) is 0 Å². The van der Waals surface area contributed by atoms with Crippen molar-refractivity contribution in [3.63, 3.8) is 0 Å². The molecule has 0 radical (unpaired) electrons. The van der Waals surface area contributed by atoms with Crippen LogP contribution in [0, 0.1) is 0 Å². The van der Waals surface area contributed by atoms with Crippen molar-refractivity contribution in [3.8, 4) is 0 Å². The number of alkyl halides is 3. The second kappa shape index (κ2) is 6.14. The molecule has 1 N–H and O–H groups in total. The molecule has 1 amide bonds. The first-order valence-corrected chi connectivity index (χ1v) is 8.05. The van der Waals surface area contributed by atoms with Crippen molar-refractivity contribution in [2.24, 2.45) is 0 Å². The molecule has 128 valence electrons. The van der Waals surface area contributed by atoms with Gasteiger partial charge in [0.25, 0.3) is 0 Å². The normalized spacial score (nSPS) is 25.0. The smallest absolute Gasteiger partial charge is 0.332 e. The van der Waals surface area contributed by atoms with Crippen LogP contribution in [0.4, 0.5) is 13.2 Å². The number of hydrogen-bond donors (Lipinski definition) is 1. The predicted molar refractivity (Wildman–Crippen MR) is 77.8 cm³/mol. The van der Waals surface area contributed by atoms with Gasteiger partial charge in [0.05, 0.1) is 12.2 Å². The third kappa shape index (κ3) is 3.36. The van der Waals surface area contributed by atoms with Crippen molar-refractivity contribution in [3.05, 3.63) is 17.5 Å². The van der Waals surface area contributed by atoms with Crippen LogP contribution in [0.1, 0.15) is 43.5 Å². The van der Waals surface area contributed by atoms with Crippen LogP contribution in [0.5, 0.6) is 0 Å². The van der Waals surface area contributed by atoms with Crippen LogP contribution in [0.15, 0.2) is 6.20 Å². The van der Waals surface area contributed by atoms with E-state index < -0.39 is 24.7 Å². The Hall–Kier alpha value is -1.57. The van der Waals surface area contributed by atoms with Gasteiger partial charge in [0.2, 0.25) is 5.91 Å². The summed E-state index contributed by atoms with van der Waals surface area (Å²) >= 11 is 0.